The Bertz CT molecular complexity index is 1350. The maximum Gasteiger partial charge on any atom is 0.416 e. The van der Waals surface area contributed by atoms with Crippen LogP contribution in [0.25, 0.3) is 0 Å². The van der Waals surface area contributed by atoms with E-state index in [-0.39, 0.29) is 23.5 Å². The van der Waals surface area contributed by atoms with E-state index < -0.39 is 23.5 Å². The molecule has 1 aliphatic heterocycles. The van der Waals surface area contributed by atoms with Crippen LogP contribution >= 0.6 is 0 Å². The second kappa shape index (κ2) is 8.33. The zero-order valence-electron chi connectivity index (χ0n) is 18.4. The molecule has 0 fully saturated rings. The van der Waals surface area contributed by atoms with Crippen LogP contribution in [0.5, 0.6) is 5.88 Å². The van der Waals surface area contributed by atoms with Crippen LogP contribution in [0.4, 0.5) is 34.6 Å². The number of benzene rings is 2. The number of aromatic nitrogens is 1. The van der Waals surface area contributed by atoms with Gasteiger partial charge in [0.25, 0.3) is 5.91 Å². The second-order valence-corrected chi connectivity index (χ2v) is 7.67. The molecule has 34 heavy (non-hydrogen) atoms. The zero-order valence-corrected chi connectivity index (χ0v) is 18.4. The molecule has 3 aromatic rings. The third kappa shape index (κ3) is 3.79. The number of hydrogen-bond donors (Lipinski definition) is 0. The summed E-state index contributed by atoms with van der Waals surface area (Å²) in [4.78, 5) is 20.5. The number of ether oxygens (including phenoxy) is 1. The van der Waals surface area contributed by atoms with Gasteiger partial charge in [0.1, 0.15) is 18.6 Å². The van der Waals surface area contributed by atoms with Crippen molar-refractivity contribution in [2.45, 2.75) is 20.0 Å². The molecule has 2 aromatic carbocycles. The normalized spacial score (nSPS) is 13.5. The van der Waals surface area contributed by atoms with E-state index in [0.29, 0.717) is 28.5 Å². The summed E-state index contributed by atoms with van der Waals surface area (Å²) in [5.74, 6) is -1.04. The maximum atomic E-state index is 14.2. The number of nitriles is 1. The summed E-state index contributed by atoms with van der Waals surface area (Å²) < 4.78 is 59.6. The van der Waals surface area contributed by atoms with Gasteiger partial charge in [-0.05, 0) is 55.8 Å². The number of carbonyl (C=O) groups is 1. The lowest BCUT2D eigenvalue weighted by Gasteiger charge is -2.39. The predicted octanol–water partition coefficient (Wildman–Crippen LogP) is 5.49. The van der Waals surface area contributed by atoms with Gasteiger partial charge in [-0.25, -0.2) is 9.37 Å². The van der Waals surface area contributed by atoms with Crippen molar-refractivity contribution in [3.63, 3.8) is 0 Å². The van der Waals surface area contributed by atoms with Gasteiger partial charge in [-0.15, -0.1) is 0 Å². The Kier molecular flexibility index (Phi) is 5.65. The van der Waals surface area contributed by atoms with Gasteiger partial charge < -0.3 is 9.64 Å². The third-order valence-electron chi connectivity index (χ3n) is 5.69. The summed E-state index contributed by atoms with van der Waals surface area (Å²) >= 11 is 0. The van der Waals surface area contributed by atoms with Crippen LogP contribution in [-0.4, -0.2) is 24.7 Å². The minimum absolute atomic E-state index is 0.0939. The first kappa shape index (κ1) is 23.0. The molecule has 6 nitrogen and oxygen atoms in total. The van der Waals surface area contributed by atoms with E-state index in [1.807, 2.05) is 6.07 Å². The van der Waals surface area contributed by atoms with Crippen molar-refractivity contribution in [2.24, 2.45) is 0 Å². The molecular weight excluding hydrogens is 452 g/mol. The molecule has 0 bridgehead atoms. The Labute approximate surface area is 192 Å². The second-order valence-electron chi connectivity index (χ2n) is 7.67. The Balaban J connectivity index is 1.94. The van der Waals surface area contributed by atoms with Gasteiger partial charge in [0.15, 0.2) is 0 Å². The van der Waals surface area contributed by atoms with Crippen LogP contribution < -0.4 is 14.5 Å². The van der Waals surface area contributed by atoms with Gasteiger partial charge in [-0.2, -0.15) is 18.4 Å². The Morgan fingerprint density at radius 1 is 1.03 bits per heavy atom. The number of hydrogen-bond acceptors (Lipinski definition) is 5. The highest BCUT2D eigenvalue weighted by Gasteiger charge is 2.37. The lowest BCUT2D eigenvalue weighted by Crippen LogP contribution is -2.45. The number of methoxy groups -OCH3 is 1. The summed E-state index contributed by atoms with van der Waals surface area (Å²) in [7, 11) is 1.44. The van der Waals surface area contributed by atoms with Crippen molar-refractivity contribution in [3.05, 3.63) is 76.2 Å². The van der Waals surface area contributed by atoms with E-state index in [4.69, 9.17) is 4.74 Å². The van der Waals surface area contributed by atoms with Crippen LogP contribution in [0, 0.1) is 31.0 Å². The smallest absolute Gasteiger partial charge is 0.416 e. The molecule has 0 saturated heterocycles. The van der Waals surface area contributed by atoms with Crippen LogP contribution in [0.2, 0.25) is 0 Å². The van der Waals surface area contributed by atoms with E-state index in [9.17, 15) is 27.6 Å². The number of fused-ring (bicyclic) bond motifs is 1. The largest absolute Gasteiger partial charge is 0.481 e. The fourth-order valence-corrected chi connectivity index (χ4v) is 3.96. The van der Waals surface area contributed by atoms with Crippen molar-refractivity contribution in [3.8, 4) is 11.9 Å². The summed E-state index contributed by atoms with van der Waals surface area (Å²) in [6.07, 6.45) is -4.65. The molecule has 174 valence electrons. The van der Waals surface area contributed by atoms with Gasteiger partial charge in [0.2, 0.25) is 5.88 Å². The molecule has 1 aromatic heterocycles. The standard InChI is InChI=1S/C24H18F4N4O2/c1-13-17(11-29)18(25)5-7-19(13)31-12-32(20-8-9-22(34-3)30-14(20)2)23(33)16-10-15(24(26,27)28)4-6-21(16)31/h4-10H,12H2,1-3H3. The average Bonchev–Trinajstić information content (AvgIpc) is 2.79. The lowest BCUT2D eigenvalue weighted by molar-refractivity contribution is -0.137. The molecule has 1 aliphatic rings. The molecule has 0 unspecified atom stereocenters. The first-order chi connectivity index (χ1) is 16.1. The van der Waals surface area contributed by atoms with Crippen molar-refractivity contribution in [1.82, 2.24) is 4.98 Å². The Morgan fingerprint density at radius 2 is 1.71 bits per heavy atom. The number of carbonyl (C=O) groups excluding carboxylic acids is 1. The summed E-state index contributed by atoms with van der Waals surface area (Å²) in [6.45, 7) is 3.10. The van der Waals surface area contributed by atoms with Crippen molar-refractivity contribution < 1.29 is 27.1 Å². The minimum Gasteiger partial charge on any atom is -0.481 e. The number of pyridine rings is 1. The number of aryl methyl sites for hydroxylation is 1. The van der Waals surface area contributed by atoms with Gasteiger partial charge in [0.05, 0.1) is 40.9 Å². The topological polar surface area (TPSA) is 69.5 Å². The number of amides is 1. The van der Waals surface area contributed by atoms with Crippen molar-refractivity contribution in [1.29, 1.82) is 5.26 Å². The van der Waals surface area contributed by atoms with Gasteiger partial charge >= 0.3 is 6.18 Å². The van der Waals surface area contributed by atoms with Crippen LogP contribution in [0.3, 0.4) is 0 Å². The minimum atomic E-state index is -4.65. The maximum absolute atomic E-state index is 14.2. The van der Waals surface area contributed by atoms with Crippen LogP contribution in [-0.2, 0) is 6.18 Å². The molecule has 0 aliphatic carbocycles. The quantitative estimate of drug-likeness (QED) is 0.474. The highest BCUT2D eigenvalue weighted by atomic mass is 19.4. The molecule has 0 spiro atoms. The molecule has 0 atom stereocenters. The SMILES string of the molecule is COc1ccc(N2CN(c3ccc(F)c(C#N)c3C)c3ccc(C(F)(F)F)cc3C2=O)c(C)n1. The first-order valence-electron chi connectivity index (χ1n) is 10.1. The molecule has 0 saturated carbocycles. The van der Waals surface area contributed by atoms with E-state index in [1.165, 1.54) is 24.1 Å². The summed E-state index contributed by atoms with van der Waals surface area (Å²) in [5, 5.41) is 9.38. The summed E-state index contributed by atoms with van der Waals surface area (Å²) in [6, 6.07) is 10.4. The average molecular weight is 470 g/mol. The summed E-state index contributed by atoms with van der Waals surface area (Å²) in [5.41, 5.74) is 0.361. The van der Waals surface area contributed by atoms with Crippen LogP contribution in [0.15, 0.2) is 42.5 Å². The van der Waals surface area contributed by atoms with Gasteiger partial charge in [0, 0.05) is 11.8 Å². The number of alkyl halides is 3. The van der Waals surface area contributed by atoms with Crippen molar-refractivity contribution in [2.75, 3.05) is 23.6 Å². The number of nitrogens with zero attached hydrogens (tertiary/aromatic N) is 4. The molecule has 2 heterocycles. The van der Waals surface area contributed by atoms with Crippen LogP contribution in [0.1, 0.15) is 32.7 Å². The Morgan fingerprint density at radius 3 is 2.32 bits per heavy atom. The monoisotopic (exact) mass is 470 g/mol. The lowest BCUT2D eigenvalue weighted by atomic mass is 10.0. The number of anilines is 3. The first-order valence-corrected chi connectivity index (χ1v) is 10.1. The highest BCUT2D eigenvalue weighted by Crippen LogP contribution is 2.41. The molecule has 0 radical (unpaired) electrons. The van der Waals surface area contributed by atoms with E-state index in [2.05, 4.69) is 4.98 Å². The predicted molar refractivity (Wildman–Crippen MR) is 117 cm³/mol. The van der Waals surface area contributed by atoms with E-state index in [1.54, 1.807) is 30.9 Å². The third-order valence-corrected chi connectivity index (χ3v) is 5.69. The molecular formula is C24H18F4N4O2. The molecule has 10 heteroatoms. The fraction of sp³-hybridized carbons (Fsp3) is 0.208. The highest BCUT2D eigenvalue weighted by molar-refractivity contribution is 6.13. The molecule has 0 N–H and O–H groups in total. The fourth-order valence-electron chi connectivity index (χ4n) is 3.96. The number of rotatable bonds is 3. The van der Waals surface area contributed by atoms with E-state index >= 15 is 0 Å². The van der Waals surface area contributed by atoms with Crippen molar-refractivity contribution >= 4 is 23.0 Å². The molecule has 4 rings (SSSR count). The van der Waals surface area contributed by atoms with Gasteiger partial charge in [-0.1, -0.05) is 0 Å². The van der Waals surface area contributed by atoms with Gasteiger partial charge in [-0.3, -0.25) is 9.69 Å². The molecule has 1 amide bonds. The zero-order chi connectivity index (χ0) is 24.8. The Hall–Kier alpha value is -4.13. The van der Waals surface area contributed by atoms with E-state index in [0.717, 1.165) is 18.2 Å². The number of halogens is 4.